The van der Waals surface area contributed by atoms with Gasteiger partial charge in [0.25, 0.3) is 0 Å². The van der Waals surface area contributed by atoms with E-state index in [1.807, 2.05) is 0 Å². The Morgan fingerprint density at radius 1 is 1.80 bits per heavy atom. The lowest BCUT2D eigenvalue weighted by Gasteiger charge is -2.06. The second-order valence-corrected chi connectivity index (χ2v) is 2.14. The van der Waals surface area contributed by atoms with Gasteiger partial charge in [0.05, 0.1) is 0 Å². The zero-order chi connectivity index (χ0) is 7.40. The van der Waals surface area contributed by atoms with Crippen LogP contribution in [0.5, 0.6) is 0 Å². The highest BCUT2D eigenvalue weighted by molar-refractivity contribution is 5.82. The zero-order valence-electron chi connectivity index (χ0n) is 5.92. The first kappa shape index (κ1) is 7.50. The fourth-order valence-electron chi connectivity index (χ4n) is 0.881. The third-order valence-electron chi connectivity index (χ3n) is 1.39. The van der Waals surface area contributed by atoms with E-state index in [1.54, 1.807) is 0 Å². The van der Waals surface area contributed by atoms with Gasteiger partial charge in [-0.2, -0.15) is 0 Å². The second-order valence-electron chi connectivity index (χ2n) is 2.14. The van der Waals surface area contributed by atoms with Gasteiger partial charge in [-0.3, -0.25) is 4.79 Å². The van der Waals surface area contributed by atoms with Crippen molar-refractivity contribution in [3.8, 4) is 0 Å². The summed E-state index contributed by atoms with van der Waals surface area (Å²) in [6, 6.07) is 0. The molecule has 4 nitrogen and oxygen atoms in total. The smallest absolute Gasteiger partial charge is 0.249 e. The lowest BCUT2D eigenvalue weighted by Crippen LogP contribution is -2.25. The topological polar surface area (TPSA) is 47.6 Å². The summed E-state index contributed by atoms with van der Waals surface area (Å²) in [6.45, 7) is 0.908. The van der Waals surface area contributed by atoms with E-state index in [4.69, 9.17) is 4.74 Å². The van der Waals surface area contributed by atoms with Gasteiger partial charge in [0.2, 0.25) is 5.91 Å². The molecule has 1 amide bonds. The van der Waals surface area contributed by atoms with Gasteiger partial charge in [-0.05, 0) is 0 Å². The average molecular weight is 145 g/mol. The second kappa shape index (κ2) is 3.53. The number of amides is 1. The molecular formula is C6H11NO3. The minimum Gasteiger partial charge on any atom is -0.359 e. The molecule has 1 aliphatic rings. The molecule has 1 saturated heterocycles. The van der Waals surface area contributed by atoms with E-state index in [9.17, 15) is 4.79 Å². The van der Waals surface area contributed by atoms with Crippen LogP contribution in [0.15, 0.2) is 0 Å². The Balaban J connectivity index is 2.20. The van der Waals surface area contributed by atoms with Gasteiger partial charge in [-0.15, -0.1) is 0 Å². The molecule has 4 heteroatoms. The normalized spacial score (nSPS) is 24.9. The molecule has 1 rings (SSSR count). The Hall–Kier alpha value is -0.610. The predicted octanol–water partition coefficient (Wildman–Crippen LogP) is -0.505. The summed E-state index contributed by atoms with van der Waals surface area (Å²) >= 11 is 0. The van der Waals surface area contributed by atoms with E-state index >= 15 is 0 Å². The van der Waals surface area contributed by atoms with Crippen LogP contribution in [0.25, 0.3) is 0 Å². The number of methoxy groups -OCH3 is 1. The molecular weight excluding hydrogens is 134 g/mol. The molecule has 1 aliphatic heterocycles. The number of hydrogen-bond acceptors (Lipinski definition) is 3. The highest BCUT2D eigenvalue weighted by atomic mass is 16.7. The van der Waals surface area contributed by atoms with E-state index < -0.39 is 0 Å². The molecule has 0 saturated carbocycles. The summed E-state index contributed by atoms with van der Waals surface area (Å²) in [5, 5.41) is 2.66. The predicted molar refractivity (Wildman–Crippen MR) is 34.4 cm³/mol. The summed E-state index contributed by atoms with van der Waals surface area (Å²) in [5.74, 6) is -0.0305. The van der Waals surface area contributed by atoms with Gasteiger partial charge in [0.1, 0.15) is 12.9 Å². The van der Waals surface area contributed by atoms with Crippen LogP contribution < -0.4 is 5.32 Å². The third-order valence-corrected chi connectivity index (χ3v) is 1.39. The molecule has 58 valence electrons. The van der Waals surface area contributed by atoms with Crippen molar-refractivity contribution in [3.05, 3.63) is 0 Å². The van der Waals surface area contributed by atoms with Crippen molar-refractivity contribution in [2.24, 2.45) is 0 Å². The van der Waals surface area contributed by atoms with Crippen molar-refractivity contribution in [1.29, 1.82) is 0 Å². The van der Waals surface area contributed by atoms with Crippen molar-refractivity contribution in [2.75, 3.05) is 20.4 Å². The molecule has 1 fully saturated rings. The van der Waals surface area contributed by atoms with Gasteiger partial charge in [-0.25, -0.2) is 0 Å². The number of carbonyl (C=O) groups excluding carboxylic acids is 1. The SMILES string of the molecule is COCOC1CCNC1=O. The van der Waals surface area contributed by atoms with Crippen molar-refractivity contribution in [2.45, 2.75) is 12.5 Å². The molecule has 0 aromatic heterocycles. The first-order chi connectivity index (χ1) is 4.84. The largest absolute Gasteiger partial charge is 0.359 e. The Labute approximate surface area is 59.5 Å². The Kier molecular flexibility index (Phi) is 2.65. The summed E-state index contributed by atoms with van der Waals surface area (Å²) in [4.78, 5) is 10.8. The molecule has 1 heterocycles. The first-order valence-electron chi connectivity index (χ1n) is 3.23. The van der Waals surface area contributed by atoms with Gasteiger partial charge in [0.15, 0.2) is 0 Å². The first-order valence-corrected chi connectivity index (χ1v) is 3.23. The lowest BCUT2D eigenvalue weighted by molar-refractivity contribution is -0.137. The number of carbonyl (C=O) groups is 1. The van der Waals surface area contributed by atoms with E-state index in [0.717, 1.165) is 6.42 Å². The quantitative estimate of drug-likeness (QED) is 0.544. The van der Waals surface area contributed by atoms with E-state index in [2.05, 4.69) is 10.1 Å². The number of rotatable bonds is 3. The van der Waals surface area contributed by atoms with Crippen molar-refractivity contribution < 1.29 is 14.3 Å². The molecule has 0 bridgehead atoms. The van der Waals surface area contributed by atoms with Gasteiger partial charge in [0, 0.05) is 20.1 Å². The van der Waals surface area contributed by atoms with E-state index in [1.165, 1.54) is 7.11 Å². The molecule has 10 heavy (non-hydrogen) atoms. The summed E-state index contributed by atoms with van der Waals surface area (Å²) in [5.41, 5.74) is 0. The minimum absolute atomic E-state index is 0.0305. The third kappa shape index (κ3) is 1.68. The number of hydrogen-bond donors (Lipinski definition) is 1. The van der Waals surface area contributed by atoms with Crippen LogP contribution in [0.3, 0.4) is 0 Å². The van der Waals surface area contributed by atoms with Crippen LogP contribution in [0.1, 0.15) is 6.42 Å². The molecule has 0 aromatic rings. The maximum atomic E-state index is 10.8. The molecule has 0 aromatic carbocycles. The lowest BCUT2D eigenvalue weighted by atomic mass is 10.3. The molecule has 1 unspecified atom stereocenters. The number of nitrogens with one attached hydrogen (secondary N) is 1. The fraction of sp³-hybridized carbons (Fsp3) is 0.833. The summed E-state index contributed by atoms with van der Waals surface area (Å²) < 4.78 is 9.68. The van der Waals surface area contributed by atoms with Gasteiger partial charge < -0.3 is 14.8 Å². The van der Waals surface area contributed by atoms with Crippen molar-refractivity contribution in [1.82, 2.24) is 5.32 Å². The van der Waals surface area contributed by atoms with E-state index in [0.29, 0.717) is 6.54 Å². The maximum Gasteiger partial charge on any atom is 0.249 e. The number of ether oxygens (including phenoxy) is 2. The zero-order valence-corrected chi connectivity index (χ0v) is 5.92. The monoisotopic (exact) mass is 145 g/mol. The molecule has 0 radical (unpaired) electrons. The highest BCUT2D eigenvalue weighted by Gasteiger charge is 2.24. The van der Waals surface area contributed by atoms with Crippen LogP contribution in [-0.2, 0) is 14.3 Å². The molecule has 1 N–H and O–H groups in total. The van der Waals surface area contributed by atoms with Crippen molar-refractivity contribution in [3.63, 3.8) is 0 Å². The molecule has 0 aliphatic carbocycles. The fourth-order valence-corrected chi connectivity index (χ4v) is 0.881. The average Bonchev–Trinajstić information content (AvgIpc) is 2.31. The van der Waals surface area contributed by atoms with Crippen molar-refractivity contribution >= 4 is 5.91 Å². The van der Waals surface area contributed by atoms with Crippen LogP contribution in [0, 0.1) is 0 Å². The van der Waals surface area contributed by atoms with Crippen LogP contribution >= 0.6 is 0 Å². The highest BCUT2D eigenvalue weighted by Crippen LogP contribution is 2.03. The van der Waals surface area contributed by atoms with Crippen LogP contribution in [0.4, 0.5) is 0 Å². The minimum atomic E-state index is -0.292. The van der Waals surface area contributed by atoms with Gasteiger partial charge >= 0.3 is 0 Å². The van der Waals surface area contributed by atoms with E-state index in [-0.39, 0.29) is 18.8 Å². The van der Waals surface area contributed by atoms with Gasteiger partial charge in [-0.1, -0.05) is 0 Å². The summed E-state index contributed by atoms with van der Waals surface area (Å²) in [6.07, 6.45) is 0.460. The Morgan fingerprint density at radius 2 is 2.60 bits per heavy atom. The molecule has 1 atom stereocenters. The Morgan fingerprint density at radius 3 is 3.10 bits per heavy atom. The standard InChI is InChI=1S/C6H11NO3/c1-9-4-10-5-2-3-7-6(5)8/h5H,2-4H2,1H3,(H,7,8). The van der Waals surface area contributed by atoms with Crippen LogP contribution in [-0.4, -0.2) is 32.5 Å². The Bertz CT molecular complexity index is 126. The summed E-state index contributed by atoms with van der Waals surface area (Å²) in [7, 11) is 1.53. The van der Waals surface area contributed by atoms with Crippen LogP contribution in [0.2, 0.25) is 0 Å². The maximum absolute atomic E-state index is 10.8. The molecule has 0 spiro atoms.